The van der Waals surface area contributed by atoms with Gasteiger partial charge in [0.2, 0.25) is 5.91 Å². The molecule has 6 nitrogen and oxygen atoms in total. The van der Waals surface area contributed by atoms with Crippen LogP contribution in [0.4, 0.5) is 5.82 Å². The van der Waals surface area contributed by atoms with Gasteiger partial charge >= 0.3 is 0 Å². The molecule has 20 heavy (non-hydrogen) atoms. The van der Waals surface area contributed by atoms with Gasteiger partial charge in [0, 0.05) is 45.6 Å². The molecule has 6 heteroatoms. The summed E-state index contributed by atoms with van der Waals surface area (Å²) in [7, 11) is 1.89. The second-order valence-corrected chi connectivity index (χ2v) is 5.40. The normalized spacial score (nSPS) is 21.7. The number of carbonyl (C=O) groups excluding carboxylic acids is 1. The van der Waals surface area contributed by atoms with E-state index in [1.54, 1.807) is 6.92 Å². The van der Waals surface area contributed by atoms with Crippen molar-refractivity contribution in [1.29, 1.82) is 0 Å². The molecule has 1 amide bonds. The summed E-state index contributed by atoms with van der Waals surface area (Å²) in [5.74, 6) is 1.80. The molecule has 0 aromatic carbocycles. The van der Waals surface area contributed by atoms with Crippen molar-refractivity contribution in [3.05, 3.63) is 17.1 Å². The molecule has 0 bridgehead atoms. The van der Waals surface area contributed by atoms with Crippen LogP contribution in [-0.2, 0) is 17.8 Å². The molecule has 108 valence electrons. The highest BCUT2D eigenvalue weighted by Gasteiger charge is 2.31. The molecule has 0 aliphatic carbocycles. The Kier molecular flexibility index (Phi) is 3.56. The van der Waals surface area contributed by atoms with Crippen molar-refractivity contribution in [2.45, 2.75) is 38.8 Å². The smallest absolute Gasteiger partial charge is 0.220 e. The van der Waals surface area contributed by atoms with Crippen LogP contribution in [-0.4, -0.2) is 40.9 Å². The van der Waals surface area contributed by atoms with Gasteiger partial charge in [-0.1, -0.05) is 0 Å². The van der Waals surface area contributed by atoms with E-state index in [4.69, 9.17) is 4.98 Å². The molecule has 2 aliphatic rings. The van der Waals surface area contributed by atoms with E-state index >= 15 is 0 Å². The molecule has 1 aromatic heterocycles. The van der Waals surface area contributed by atoms with E-state index in [1.807, 2.05) is 11.9 Å². The highest BCUT2D eigenvalue weighted by molar-refractivity contribution is 5.74. The third-order valence-corrected chi connectivity index (χ3v) is 4.14. The molecule has 1 fully saturated rings. The average Bonchev–Trinajstić information content (AvgIpc) is 2.95. The van der Waals surface area contributed by atoms with Crippen LogP contribution in [0.5, 0.6) is 0 Å². The molecule has 1 unspecified atom stereocenters. The van der Waals surface area contributed by atoms with Crippen molar-refractivity contribution >= 4 is 11.7 Å². The predicted octanol–water partition coefficient (Wildman–Crippen LogP) is 0.847. The largest absolute Gasteiger partial charge is 0.373 e. The minimum absolute atomic E-state index is 0.0415. The van der Waals surface area contributed by atoms with Crippen molar-refractivity contribution in [2.24, 2.45) is 0 Å². The van der Waals surface area contributed by atoms with Crippen molar-refractivity contribution in [2.75, 3.05) is 25.5 Å². The number of nitrogens with one attached hydrogen (secondary N) is 2. The first-order valence-electron chi connectivity index (χ1n) is 7.26. The van der Waals surface area contributed by atoms with Gasteiger partial charge in [-0.25, -0.2) is 9.97 Å². The van der Waals surface area contributed by atoms with Gasteiger partial charge in [-0.05, 0) is 12.8 Å². The Hall–Kier alpha value is -1.69. The van der Waals surface area contributed by atoms with Crippen LogP contribution in [0, 0.1) is 0 Å². The highest BCUT2D eigenvalue weighted by atomic mass is 16.2. The molecule has 2 aliphatic heterocycles. The summed E-state index contributed by atoms with van der Waals surface area (Å²) >= 11 is 0. The highest BCUT2D eigenvalue weighted by Crippen LogP contribution is 2.32. The number of aromatic nitrogens is 2. The van der Waals surface area contributed by atoms with Gasteiger partial charge in [0.05, 0.1) is 11.7 Å². The predicted molar refractivity (Wildman–Crippen MR) is 76.4 cm³/mol. The number of hydrogen-bond acceptors (Lipinski definition) is 5. The quantitative estimate of drug-likeness (QED) is 0.837. The second kappa shape index (κ2) is 5.36. The third-order valence-electron chi connectivity index (χ3n) is 4.14. The fourth-order valence-corrected chi connectivity index (χ4v) is 3.13. The van der Waals surface area contributed by atoms with E-state index in [0.717, 1.165) is 61.8 Å². The van der Waals surface area contributed by atoms with Crippen LogP contribution < -0.4 is 10.6 Å². The number of hydrogen-bond donors (Lipinski definition) is 2. The Bertz CT molecular complexity index is 513. The molecular formula is C14H21N5O. The fourth-order valence-electron chi connectivity index (χ4n) is 3.13. The lowest BCUT2D eigenvalue weighted by atomic mass is 10.1. The van der Waals surface area contributed by atoms with Crippen LogP contribution in [0.2, 0.25) is 0 Å². The van der Waals surface area contributed by atoms with E-state index in [-0.39, 0.29) is 11.9 Å². The summed E-state index contributed by atoms with van der Waals surface area (Å²) in [4.78, 5) is 23.0. The van der Waals surface area contributed by atoms with Gasteiger partial charge in [0.25, 0.3) is 0 Å². The summed E-state index contributed by atoms with van der Waals surface area (Å²) < 4.78 is 0. The molecule has 0 radical (unpaired) electrons. The van der Waals surface area contributed by atoms with Gasteiger partial charge in [-0.2, -0.15) is 0 Å². The number of fused-ring (bicyclic) bond motifs is 1. The maximum Gasteiger partial charge on any atom is 0.220 e. The molecule has 3 rings (SSSR count). The fraction of sp³-hybridized carbons (Fsp3) is 0.643. The average molecular weight is 275 g/mol. The zero-order valence-electron chi connectivity index (χ0n) is 12.1. The summed E-state index contributed by atoms with van der Waals surface area (Å²) in [6.45, 7) is 4.21. The van der Waals surface area contributed by atoms with E-state index in [2.05, 4.69) is 15.6 Å². The molecule has 3 heterocycles. The summed E-state index contributed by atoms with van der Waals surface area (Å²) in [5.41, 5.74) is 2.28. The zero-order chi connectivity index (χ0) is 14.1. The lowest BCUT2D eigenvalue weighted by molar-refractivity contribution is -0.129. The van der Waals surface area contributed by atoms with Crippen LogP contribution in [0.1, 0.15) is 42.9 Å². The first-order valence-corrected chi connectivity index (χ1v) is 7.26. The number of anilines is 1. The zero-order valence-corrected chi connectivity index (χ0v) is 12.1. The van der Waals surface area contributed by atoms with Crippen LogP contribution in [0.3, 0.4) is 0 Å². The van der Waals surface area contributed by atoms with E-state index in [9.17, 15) is 4.79 Å². The monoisotopic (exact) mass is 275 g/mol. The number of carbonyl (C=O) groups is 1. The maximum atomic E-state index is 11.7. The lowest BCUT2D eigenvalue weighted by Crippen LogP contribution is -2.31. The SMILES string of the molecule is CNc1nc(C2CCCN2C(C)=O)nc2c1CNCC2. The Morgan fingerprint density at radius 2 is 2.30 bits per heavy atom. The molecule has 2 N–H and O–H groups in total. The van der Waals surface area contributed by atoms with E-state index in [0.29, 0.717) is 0 Å². The van der Waals surface area contributed by atoms with Crippen LogP contribution >= 0.6 is 0 Å². The molecule has 1 aromatic rings. The van der Waals surface area contributed by atoms with Gasteiger partial charge < -0.3 is 15.5 Å². The standard InChI is InChI=1S/C14H21N5O/c1-9(20)19-7-3-4-12(19)14-17-11-5-6-16-8-10(11)13(15-2)18-14/h12,16H,3-8H2,1-2H3,(H,15,17,18). The maximum absolute atomic E-state index is 11.7. The van der Waals surface area contributed by atoms with Crippen molar-refractivity contribution in [1.82, 2.24) is 20.2 Å². The van der Waals surface area contributed by atoms with Crippen molar-refractivity contribution in [3.63, 3.8) is 0 Å². The van der Waals surface area contributed by atoms with Gasteiger partial charge in [-0.3, -0.25) is 4.79 Å². The summed E-state index contributed by atoms with van der Waals surface area (Å²) in [5, 5.41) is 6.52. The molecule has 0 saturated carbocycles. The first-order chi connectivity index (χ1) is 9.70. The second-order valence-electron chi connectivity index (χ2n) is 5.40. The van der Waals surface area contributed by atoms with Gasteiger partial charge in [0.15, 0.2) is 5.82 Å². The first kappa shape index (κ1) is 13.3. The molecule has 1 atom stereocenters. The summed E-state index contributed by atoms with van der Waals surface area (Å²) in [6.07, 6.45) is 2.91. The number of amides is 1. The number of nitrogens with zero attached hydrogens (tertiary/aromatic N) is 3. The number of likely N-dealkylation sites (tertiary alicyclic amines) is 1. The van der Waals surface area contributed by atoms with Crippen LogP contribution in [0.25, 0.3) is 0 Å². The molecule has 1 saturated heterocycles. The number of rotatable bonds is 2. The minimum atomic E-state index is 0.0415. The summed E-state index contributed by atoms with van der Waals surface area (Å²) in [6, 6.07) is 0.0415. The van der Waals surface area contributed by atoms with Crippen LogP contribution in [0.15, 0.2) is 0 Å². The topological polar surface area (TPSA) is 70.2 Å². The Balaban J connectivity index is 1.99. The minimum Gasteiger partial charge on any atom is -0.373 e. The molecule has 0 spiro atoms. The van der Waals surface area contributed by atoms with Crippen molar-refractivity contribution in [3.8, 4) is 0 Å². The van der Waals surface area contributed by atoms with Gasteiger partial charge in [0.1, 0.15) is 5.82 Å². The third kappa shape index (κ3) is 2.24. The van der Waals surface area contributed by atoms with E-state index in [1.165, 1.54) is 0 Å². The molecular weight excluding hydrogens is 254 g/mol. The van der Waals surface area contributed by atoms with Gasteiger partial charge in [-0.15, -0.1) is 0 Å². The Morgan fingerprint density at radius 1 is 1.45 bits per heavy atom. The van der Waals surface area contributed by atoms with E-state index < -0.39 is 0 Å². The van der Waals surface area contributed by atoms with Crippen molar-refractivity contribution < 1.29 is 4.79 Å². The Labute approximate surface area is 119 Å². The Morgan fingerprint density at radius 3 is 3.05 bits per heavy atom. The lowest BCUT2D eigenvalue weighted by Gasteiger charge is -2.25.